The lowest BCUT2D eigenvalue weighted by molar-refractivity contribution is -1.63. The molecule has 4 heteroatoms. The smallest absolute Gasteiger partial charge is 0.282 e. The number of hydrogen-bond donors (Lipinski definition) is 1. The van der Waals surface area contributed by atoms with Gasteiger partial charge in [0.15, 0.2) is 0 Å². The zero-order chi connectivity index (χ0) is 10.4. The summed E-state index contributed by atoms with van der Waals surface area (Å²) in [7, 11) is -2.60. The van der Waals surface area contributed by atoms with Gasteiger partial charge < -0.3 is 9.32 Å². The Bertz CT molecular complexity index is 322. The number of rotatable bonds is 0. The van der Waals surface area contributed by atoms with Crippen molar-refractivity contribution in [3.05, 3.63) is 48.5 Å². The van der Waals surface area contributed by atoms with Crippen molar-refractivity contribution in [2.45, 2.75) is 0 Å². The van der Waals surface area contributed by atoms with Crippen LogP contribution in [0.25, 0.3) is 10.8 Å². The van der Waals surface area contributed by atoms with Gasteiger partial charge in [0.25, 0.3) is 10.8 Å². The lowest BCUT2D eigenvalue weighted by Crippen LogP contribution is -2.30. The van der Waals surface area contributed by atoms with Gasteiger partial charge in [0.05, 0.1) is 0 Å². The fourth-order valence-electron chi connectivity index (χ4n) is 1.13. The minimum absolute atomic E-state index is 1.31. The summed E-state index contributed by atoms with van der Waals surface area (Å²) in [5.41, 5.74) is 0. The molecule has 0 atom stereocenters. The quantitative estimate of drug-likeness (QED) is 0.664. The first-order valence-corrected chi connectivity index (χ1v) is 4.84. The minimum Gasteiger partial charge on any atom is -0.321 e. The molecule has 14 heavy (non-hydrogen) atoms. The fraction of sp³-hybridized carbons (Fsp3) is 0. The summed E-state index contributed by atoms with van der Waals surface area (Å²) in [6.45, 7) is 0. The Hall–Kier alpha value is -1.13. The van der Waals surface area contributed by atoms with Crippen LogP contribution in [0.5, 0.6) is 0 Å². The highest BCUT2D eigenvalue weighted by Crippen LogP contribution is 2.11. The summed E-state index contributed by atoms with van der Waals surface area (Å²) < 4.78 is 24.0. The van der Waals surface area contributed by atoms with Crippen LogP contribution in [0.4, 0.5) is 0 Å². The van der Waals surface area contributed by atoms with E-state index in [-0.39, 0.29) is 0 Å². The molecule has 0 fully saturated rings. The number of benzene rings is 2. The van der Waals surface area contributed by atoms with E-state index in [0.717, 1.165) is 0 Å². The van der Waals surface area contributed by atoms with Crippen molar-refractivity contribution >= 4 is 10.8 Å². The standard InChI is InChI=1S/C10H8.ClHO3/c1-2-6-10-8-4-3-7-9(10)5-1;2-1(3)4/h1-8H;2H. The molecule has 74 valence electrons. The molecule has 0 heterocycles. The summed E-state index contributed by atoms with van der Waals surface area (Å²) in [6, 6.07) is 16.7. The largest absolute Gasteiger partial charge is 0.321 e. The van der Waals surface area contributed by atoms with Crippen molar-refractivity contribution in [2.75, 3.05) is 0 Å². The predicted molar refractivity (Wildman–Crippen MR) is 46.2 cm³/mol. The zero-order valence-corrected chi connectivity index (χ0v) is 8.02. The summed E-state index contributed by atoms with van der Waals surface area (Å²) in [5.74, 6) is 0. The molecular weight excluding hydrogens is 204 g/mol. The maximum absolute atomic E-state index is 8.52. The van der Waals surface area contributed by atoms with Crippen molar-refractivity contribution in [2.24, 2.45) is 0 Å². The van der Waals surface area contributed by atoms with Gasteiger partial charge in [-0.15, -0.1) is 0 Å². The lowest BCUT2D eigenvalue weighted by atomic mass is 10.1. The summed E-state index contributed by atoms with van der Waals surface area (Å²) in [6.07, 6.45) is 0. The van der Waals surface area contributed by atoms with Gasteiger partial charge in [-0.05, 0) is 10.8 Å². The first kappa shape index (κ1) is 10.9. The van der Waals surface area contributed by atoms with Crippen LogP contribution in [0.1, 0.15) is 0 Å². The topological polar surface area (TPSA) is 66.3 Å². The van der Waals surface area contributed by atoms with Crippen molar-refractivity contribution in [1.29, 1.82) is 0 Å². The maximum Gasteiger partial charge on any atom is 0.282 e. The Morgan fingerprint density at radius 1 is 0.786 bits per heavy atom. The second-order valence-corrected chi connectivity index (χ2v) is 2.95. The van der Waals surface area contributed by atoms with Crippen LogP contribution in [0.3, 0.4) is 0 Å². The summed E-state index contributed by atoms with van der Waals surface area (Å²) >= 11 is 0. The zero-order valence-electron chi connectivity index (χ0n) is 7.26. The molecule has 0 radical (unpaired) electrons. The Morgan fingerprint density at radius 2 is 1.00 bits per heavy atom. The third-order valence-electron chi connectivity index (χ3n) is 1.66. The van der Waals surface area contributed by atoms with Crippen LogP contribution in [0.2, 0.25) is 0 Å². The summed E-state index contributed by atoms with van der Waals surface area (Å²) in [4.78, 5) is 0. The molecule has 2 rings (SSSR count). The van der Waals surface area contributed by atoms with Crippen LogP contribution in [-0.4, -0.2) is 4.66 Å². The van der Waals surface area contributed by atoms with Crippen molar-refractivity contribution in [1.82, 2.24) is 0 Å². The second kappa shape index (κ2) is 5.57. The van der Waals surface area contributed by atoms with Gasteiger partial charge in [-0.25, -0.2) is 0 Å². The Morgan fingerprint density at radius 3 is 1.21 bits per heavy atom. The third-order valence-corrected chi connectivity index (χ3v) is 1.66. The molecule has 0 unspecified atom stereocenters. The highest BCUT2D eigenvalue weighted by atomic mass is 35.6. The maximum atomic E-state index is 8.52. The molecule has 0 spiro atoms. The molecule has 0 aliphatic heterocycles. The normalized spacial score (nSPS) is 9.71. The summed E-state index contributed by atoms with van der Waals surface area (Å²) in [5, 5.41) is 2.62. The number of fused-ring (bicyclic) bond motifs is 1. The van der Waals surface area contributed by atoms with Crippen LogP contribution in [0, 0.1) is 10.8 Å². The monoisotopic (exact) mass is 212 g/mol. The first-order valence-electron chi connectivity index (χ1n) is 3.88. The van der Waals surface area contributed by atoms with E-state index in [1.807, 2.05) is 0 Å². The van der Waals surface area contributed by atoms with Gasteiger partial charge >= 0.3 is 0 Å². The molecule has 0 amide bonds. The highest BCUT2D eigenvalue weighted by Gasteiger charge is 1.85. The molecule has 0 bridgehead atoms. The molecule has 2 aromatic rings. The van der Waals surface area contributed by atoms with Gasteiger partial charge in [-0.2, -0.15) is 0 Å². The van der Waals surface area contributed by atoms with Crippen molar-refractivity contribution in [3.8, 4) is 0 Å². The molecular formula is C10H9ClO3. The van der Waals surface area contributed by atoms with Gasteiger partial charge in [-0.3, -0.25) is 0 Å². The second-order valence-electron chi connectivity index (χ2n) is 2.55. The lowest BCUT2D eigenvalue weighted by Gasteiger charge is -1.92. The van der Waals surface area contributed by atoms with E-state index < -0.39 is 10.8 Å². The van der Waals surface area contributed by atoms with Gasteiger partial charge in [0.1, 0.15) is 0 Å². The van der Waals surface area contributed by atoms with E-state index in [0.29, 0.717) is 0 Å². The van der Waals surface area contributed by atoms with E-state index in [1.165, 1.54) is 10.8 Å². The third kappa shape index (κ3) is 3.72. The molecule has 0 saturated carbocycles. The average Bonchev–Trinajstić information content (AvgIpc) is 2.17. The molecule has 0 aliphatic carbocycles. The van der Waals surface area contributed by atoms with Crippen LogP contribution >= 0.6 is 0 Å². The van der Waals surface area contributed by atoms with Crippen LogP contribution in [0.15, 0.2) is 48.5 Å². The van der Waals surface area contributed by atoms with E-state index in [2.05, 4.69) is 48.5 Å². The Kier molecular flexibility index (Phi) is 4.35. The van der Waals surface area contributed by atoms with Gasteiger partial charge in [0, 0.05) is 4.66 Å². The Labute approximate surface area is 84.6 Å². The van der Waals surface area contributed by atoms with E-state index in [1.54, 1.807) is 0 Å². The predicted octanol–water partition coefficient (Wildman–Crippen LogP) is -0.0952. The van der Waals surface area contributed by atoms with Crippen LogP contribution in [-0.2, 0) is 0 Å². The highest BCUT2D eigenvalue weighted by molar-refractivity contribution is 5.81. The average molecular weight is 213 g/mol. The first-order chi connectivity index (χ1) is 6.70. The van der Waals surface area contributed by atoms with E-state index in [4.69, 9.17) is 14.0 Å². The molecule has 0 saturated heterocycles. The molecule has 3 nitrogen and oxygen atoms in total. The van der Waals surface area contributed by atoms with Gasteiger partial charge in [-0.1, -0.05) is 48.5 Å². The molecule has 2 aromatic carbocycles. The van der Waals surface area contributed by atoms with Crippen molar-refractivity contribution in [3.63, 3.8) is 0 Å². The molecule has 0 aliphatic rings. The fourth-order valence-corrected chi connectivity index (χ4v) is 1.13. The minimum atomic E-state index is -2.60. The van der Waals surface area contributed by atoms with Crippen molar-refractivity contribution < 1.29 is 24.8 Å². The van der Waals surface area contributed by atoms with E-state index in [9.17, 15) is 0 Å². The van der Waals surface area contributed by atoms with Gasteiger partial charge in [0.2, 0.25) is 0 Å². The van der Waals surface area contributed by atoms with Crippen LogP contribution < -0.4 is 9.32 Å². The van der Waals surface area contributed by atoms with E-state index >= 15 is 0 Å². The Balaban J connectivity index is 0.000000213. The molecule has 0 aromatic heterocycles. The SMILES string of the molecule is [O-][Cl+2]([O-])O.c1ccc2ccccc2c1. The number of hydrogen-bond acceptors (Lipinski definition) is 3. The number of halogens is 1. The molecule has 1 N–H and O–H groups in total.